The van der Waals surface area contributed by atoms with Crippen LogP contribution in [0.15, 0.2) is 0 Å². The van der Waals surface area contributed by atoms with Gasteiger partial charge in [0.05, 0.1) is 7.05 Å². The number of tetrazole rings is 1. The van der Waals surface area contributed by atoms with Crippen molar-refractivity contribution in [2.24, 2.45) is 7.05 Å². The molecule has 1 heterocycles. The summed E-state index contributed by atoms with van der Waals surface area (Å²) >= 11 is 0. The lowest BCUT2D eigenvalue weighted by Gasteiger charge is -2.17. The highest BCUT2D eigenvalue weighted by Crippen LogP contribution is 2.29. The first-order valence-electron chi connectivity index (χ1n) is 4.60. The van der Waals surface area contributed by atoms with Crippen LogP contribution in [0.3, 0.4) is 0 Å². The molecule has 66 valence electrons. The number of aromatic nitrogens is 4. The first kappa shape index (κ1) is 7.71. The second-order valence-electron chi connectivity index (χ2n) is 3.47. The Morgan fingerprint density at radius 2 is 2.00 bits per heavy atom. The van der Waals surface area contributed by atoms with Crippen molar-refractivity contribution in [2.45, 2.75) is 38.0 Å². The highest BCUT2D eigenvalue weighted by molar-refractivity contribution is 4.92. The standard InChI is InChI=1S/C8H14N4/c1-12-10-8(9-11-12)7-5-3-2-4-6-7/h7H,2-6H2,1H3. The summed E-state index contributed by atoms with van der Waals surface area (Å²) in [5.41, 5.74) is 0. The lowest BCUT2D eigenvalue weighted by atomic mass is 9.89. The molecule has 0 aliphatic heterocycles. The van der Waals surface area contributed by atoms with Crippen molar-refractivity contribution in [1.29, 1.82) is 0 Å². The van der Waals surface area contributed by atoms with Crippen LogP contribution < -0.4 is 0 Å². The van der Waals surface area contributed by atoms with Gasteiger partial charge in [0.1, 0.15) is 0 Å². The van der Waals surface area contributed by atoms with Gasteiger partial charge in [-0.05, 0) is 18.1 Å². The zero-order valence-corrected chi connectivity index (χ0v) is 7.40. The Morgan fingerprint density at radius 1 is 1.25 bits per heavy atom. The molecule has 0 unspecified atom stereocenters. The summed E-state index contributed by atoms with van der Waals surface area (Å²) in [4.78, 5) is 1.55. The molecule has 0 radical (unpaired) electrons. The lowest BCUT2D eigenvalue weighted by Crippen LogP contribution is -2.06. The first-order chi connectivity index (χ1) is 5.86. The van der Waals surface area contributed by atoms with Crippen LogP contribution in [-0.2, 0) is 7.05 Å². The van der Waals surface area contributed by atoms with Gasteiger partial charge >= 0.3 is 0 Å². The maximum absolute atomic E-state index is 4.23. The number of aryl methyl sites for hydroxylation is 1. The van der Waals surface area contributed by atoms with Gasteiger partial charge in [0.2, 0.25) is 0 Å². The van der Waals surface area contributed by atoms with Crippen LogP contribution in [0.5, 0.6) is 0 Å². The molecule has 12 heavy (non-hydrogen) atoms. The molecule has 4 heteroatoms. The van der Waals surface area contributed by atoms with Crippen LogP contribution in [0, 0.1) is 0 Å². The number of rotatable bonds is 1. The van der Waals surface area contributed by atoms with E-state index in [2.05, 4.69) is 15.4 Å². The van der Waals surface area contributed by atoms with E-state index in [1.807, 2.05) is 7.05 Å². The second kappa shape index (κ2) is 3.21. The van der Waals surface area contributed by atoms with E-state index >= 15 is 0 Å². The highest BCUT2D eigenvalue weighted by Gasteiger charge is 2.19. The van der Waals surface area contributed by atoms with Gasteiger partial charge in [-0.3, -0.25) is 0 Å². The van der Waals surface area contributed by atoms with Crippen LogP contribution >= 0.6 is 0 Å². The third-order valence-electron chi connectivity index (χ3n) is 2.49. The molecule has 0 atom stereocenters. The van der Waals surface area contributed by atoms with Crippen molar-refractivity contribution in [3.05, 3.63) is 5.82 Å². The fraction of sp³-hybridized carbons (Fsp3) is 0.875. The third-order valence-corrected chi connectivity index (χ3v) is 2.49. The molecule has 0 saturated heterocycles. The van der Waals surface area contributed by atoms with E-state index in [0.717, 1.165) is 5.82 Å². The van der Waals surface area contributed by atoms with Gasteiger partial charge in [-0.25, -0.2) is 0 Å². The third kappa shape index (κ3) is 1.47. The average molecular weight is 166 g/mol. The van der Waals surface area contributed by atoms with E-state index in [1.54, 1.807) is 4.80 Å². The molecule has 1 aromatic rings. The van der Waals surface area contributed by atoms with E-state index < -0.39 is 0 Å². The van der Waals surface area contributed by atoms with E-state index in [-0.39, 0.29) is 0 Å². The van der Waals surface area contributed by atoms with Gasteiger partial charge in [0.15, 0.2) is 5.82 Å². The summed E-state index contributed by atoms with van der Waals surface area (Å²) in [6, 6.07) is 0. The Kier molecular flexibility index (Phi) is 2.06. The highest BCUT2D eigenvalue weighted by atomic mass is 15.6. The molecule has 2 rings (SSSR count). The second-order valence-corrected chi connectivity index (χ2v) is 3.47. The van der Waals surface area contributed by atoms with Crippen LogP contribution in [0.1, 0.15) is 43.8 Å². The number of hydrogen-bond acceptors (Lipinski definition) is 3. The van der Waals surface area contributed by atoms with Crippen LogP contribution in [-0.4, -0.2) is 20.2 Å². The van der Waals surface area contributed by atoms with Crippen LogP contribution in [0.2, 0.25) is 0 Å². The Bertz CT molecular complexity index is 249. The molecular weight excluding hydrogens is 152 g/mol. The zero-order valence-electron chi connectivity index (χ0n) is 7.40. The molecule has 0 amide bonds. The molecule has 0 bridgehead atoms. The zero-order chi connectivity index (χ0) is 8.39. The summed E-state index contributed by atoms with van der Waals surface area (Å²) in [5.74, 6) is 1.52. The van der Waals surface area contributed by atoms with Gasteiger partial charge in [0, 0.05) is 5.92 Å². The topological polar surface area (TPSA) is 43.6 Å². The molecule has 1 aromatic heterocycles. The smallest absolute Gasteiger partial charge is 0.167 e. The predicted octanol–water partition coefficient (Wildman–Crippen LogP) is 1.26. The predicted molar refractivity (Wildman–Crippen MR) is 44.6 cm³/mol. The maximum atomic E-state index is 4.23. The van der Waals surface area contributed by atoms with Crippen molar-refractivity contribution < 1.29 is 0 Å². The van der Waals surface area contributed by atoms with Gasteiger partial charge in [0.25, 0.3) is 0 Å². The summed E-state index contributed by atoms with van der Waals surface area (Å²) < 4.78 is 0. The van der Waals surface area contributed by atoms with Crippen molar-refractivity contribution in [3.8, 4) is 0 Å². The van der Waals surface area contributed by atoms with Gasteiger partial charge < -0.3 is 0 Å². The summed E-state index contributed by atoms with van der Waals surface area (Å²) in [5, 5.41) is 12.1. The minimum absolute atomic E-state index is 0.576. The lowest BCUT2D eigenvalue weighted by molar-refractivity contribution is 0.427. The number of hydrogen-bond donors (Lipinski definition) is 0. The molecule has 0 aromatic carbocycles. The van der Waals surface area contributed by atoms with Gasteiger partial charge in [-0.15, -0.1) is 10.2 Å². The Morgan fingerprint density at radius 3 is 2.58 bits per heavy atom. The van der Waals surface area contributed by atoms with E-state index in [4.69, 9.17) is 0 Å². The SMILES string of the molecule is Cn1nnc(C2CCCCC2)n1. The van der Waals surface area contributed by atoms with Crippen molar-refractivity contribution in [3.63, 3.8) is 0 Å². The maximum Gasteiger partial charge on any atom is 0.177 e. The average Bonchev–Trinajstić information content (AvgIpc) is 2.54. The fourth-order valence-corrected chi connectivity index (χ4v) is 1.82. The van der Waals surface area contributed by atoms with Crippen molar-refractivity contribution >= 4 is 0 Å². The molecule has 1 fully saturated rings. The molecule has 1 saturated carbocycles. The summed E-state index contributed by atoms with van der Waals surface area (Å²) in [7, 11) is 1.82. The fourth-order valence-electron chi connectivity index (χ4n) is 1.82. The Balaban J connectivity index is 2.08. The van der Waals surface area contributed by atoms with Crippen molar-refractivity contribution in [1.82, 2.24) is 20.2 Å². The number of nitrogens with zero attached hydrogens (tertiary/aromatic N) is 4. The van der Waals surface area contributed by atoms with Gasteiger partial charge in [-0.2, -0.15) is 4.80 Å². The molecule has 0 spiro atoms. The molecule has 4 nitrogen and oxygen atoms in total. The summed E-state index contributed by atoms with van der Waals surface area (Å²) in [6.07, 6.45) is 6.50. The van der Waals surface area contributed by atoms with E-state index in [9.17, 15) is 0 Å². The minimum atomic E-state index is 0.576. The monoisotopic (exact) mass is 166 g/mol. The first-order valence-corrected chi connectivity index (χ1v) is 4.60. The normalized spacial score (nSPS) is 19.8. The quantitative estimate of drug-likeness (QED) is 0.630. The van der Waals surface area contributed by atoms with Crippen LogP contribution in [0.25, 0.3) is 0 Å². The Labute approximate surface area is 72.0 Å². The van der Waals surface area contributed by atoms with Gasteiger partial charge in [-0.1, -0.05) is 19.3 Å². The summed E-state index contributed by atoms with van der Waals surface area (Å²) in [6.45, 7) is 0. The molecule has 1 aliphatic carbocycles. The minimum Gasteiger partial charge on any atom is -0.167 e. The van der Waals surface area contributed by atoms with Crippen LogP contribution in [0.4, 0.5) is 0 Å². The largest absolute Gasteiger partial charge is 0.177 e. The Hall–Kier alpha value is -0.930. The molecule has 1 aliphatic rings. The van der Waals surface area contributed by atoms with E-state index in [1.165, 1.54) is 32.1 Å². The molecule has 0 N–H and O–H groups in total. The van der Waals surface area contributed by atoms with E-state index in [0.29, 0.717) is 5.92 Å². The van der Waals surface area contributed by atoms with Crippen molar-refractivity contribution in [2.75, 3.05) is 0 Å². The molecular formula is C8H14N4.